The summed E-state index contributed by atoms with van der Waals surface area (Å²) in [4.78, 5) is 31.8. The molecule has 0 aromatic carbocycles. The number of carbonyl (C=O) groups is 2. The molecule has 0 spiro atoms. The number of ketones is 1. The number of Topliss-reactive ketones (excluding diaryl/α,β-unsaturated/α-hetero) is 1. The minimum Gasteiger partial charge on any atom is -0.471 e. The van der Waals surface area contributed by atoms with Crippen molar-refractivity contribution in [2.75, 3.05) is 6.61 Å². The van der Waals surface area contributed by atoms with Gasteiger partial charge in [0.2, 0.25) is 5.88 Å². The van der Waals surface area contributed by atoms with Crippen LogP contribution >= 0.6 is 0 Å². The fourth-order valence-electron chi connectivity index (χ4n) is 2.42. The highest BCUT2D eigenvalue weighted by molar-refractivity contribution is 5.94. The summed E-state index contributed by atoms with van der Waals surface area (Å²) in [6.45, 7) is 1.87. The number of amides is 1. The van der Waals surface area contributed by atoms with Crippen molar-refractivity contribution in [2.24, 2.45) is 0 Å². The Labute approximate surface area is 170 Å². The summed E-state index contributed by atoms with van der Waals surface area (Å²) in [5.74, 6) is -4.84. The molecule has 0 unspecified atom stereocenters. The molecule has 162 valence electrons. The molecular formula is C20H21F4N3O3. The lowest BCUT2D eigenvalue weighted by Crippen LogP contribution is -2.34. The van der Waals surface area contributed by atoms with Crippen LogP contribution in [0.1, 0.15) is 40.5 Å². The van der Waals surface area contributed by atoms with Crippen LogP contribution in [0.2, 0.25) is 0 Å². The number of aryl methyl sites for hydroxylation is 1. The SMILES string of the molecule is CCC(=O)Cc1cc(C(=O)NCc2cnc(OCC(F)(F)C(F)F)c(C)c2)ccn1. The molecule has 0 aliphatic heterocycles. The first-order valence-corrected chi connectivity index (χ1v) is 9.11. The van der Waals surface area contributed by atoms with Crippen LogP contribution in [0.25, 0.3) is 0 Å². The minimum absolute atomic E-state index is 0.00947. The molecule has 2 aromatic rings. The number of nitrogens with zero attached hydrogens (tertiary/aromatic N) is 2. The second-order valence-electron chi connectivity index (χ2n) is 6.60. The highest BCUT2D eigenvalue weighted by Crippen LogP contribution is 2.25. The molecule has 2 rings (SSSR count). The van der Waals surface area contributed by atoms with E-state index in [1.807, 2.05) is 0 Å². The molecule has 2 heterocycles. The molecule has 1 amide bonds. The number of ether oxygens (including phenoxy) is 1. The van der Waals surface area contributed by atoms with Crippen LogP contribution in [0, 0.1) is 6.92 Å². The van der Waals surface area contributed by atoms with Gasteiger partial charge in [-0.25, -0.2) is 13.8 Å². The smallest absolute Gasteiger partial charge is 0.340 e. The zero-order valence-electron chi connectivity index (χ0n) is 16.4. The molecule has 0 atom stereocenters. The number of pyridine rings is 2. The van der Waals surface area contributed by atoms with E-state index in [9.17, 15) is 27.2 Å². The summed E-state index contributed by atoms with van der Waals surface area (Å²) in [6, 6.07) is 4.59. The van der Waals surface area contributed by atoms with Crippen molar-refractivity contribution in [3.8, 4) is 5.88 Å². The van der Waals surface area contributed by atoms with Crippen LogP contribution in [0.4, 0.5) is 17.6 Å². The van der Waals surface area contributed by atoms with E-state index in [1.165, 1.54) is 31.5 Å². The molecule has 6 nitrogen and oxygen atoms in total. The van der Waals surface area contributed by atoms with Gasteiger partial charge in [-0.1, -0.05) is 6.92 Å². The van der Waals surface area contributed by atoms with Crippen molar-refractivity contribution in [1.29, 1.82) is 0 Å². The number of rotatable bonds is 10. The number of aromatic nitrogens is 2. The lowest BCUT2D eigenvalue weighted by Gasteiger charge is -2.16. The summed E-state index contributed by atoms with van der Waals surface area (Å²) in [7, 11) is 0. The van der Waals surface area contributed by atoms with Gasteiger partial charge in [-0.2, -0.15) is 8.78 Å². The molecule has 0 saturated carbocycles. The molecule has 30 heavy (non-hydrogen) atoms. The molecule has 0 radical (unpaired) electrons. The Hall–Kier alpha value is -3.04. The zero-order chi connectivity index (χ0) is 22.3. The molecule has 1 N–H and O–H groups in total. The lowest BCUT2D eigenvalue weighted by atomic mass is 10.1. The van der Waals surface area contributed by atoms with E-state index >= 15 is 0 Å². The average molecular weight is 427 g/mol. The zero-order valence-corrected chi connectivity index (χ0v) is 16.4. The predicted molar refractivity (Wildman–Crippen MR) is 99.8 cm³/mol. The van der Waals surface area contributed by atoms with Crippen LogP contribution in [0.5, 0.6) is 5.88 Å². The first-order chi connectivity index (χ1) is 14.1. The maximum atomic E-state index is 13.0. The quantitative estimate of drug-likeness (QED) is 0.587. The first kappa shape index (κ1) is 23.2. The molecule has 2 aromatic heterocycles. The van der Waals surface area contributed by atoms with Crippen LogP contribution in [0.15, 0.2) is 30.6 Å². The number of alkyl halides is 4. The van der Waals surface area contributed by atoms with E-state index < -0.39 is 24.9 Å². The Morgan fingerprint density at radius 1 is 1.23 bits per heavy atom. The summed E-state index contributed by atoms with van der Waals surface area (Å²) in [5.41, 5.74) is 1.75. The van der Waals surface area contributed by atoms with Crippen molar-refractivity contribution in [3.63, 3.8) is 0 Å². The largest absolute Gasteiger partial charge is 0.471 e. The monoisotopic (exact) mass is 427 g/mol. The Bertz CT molecular complexity index is 907. The van der Waals surface area contributed by atoms with Crippen LogP contribution in [-0.4, -0.2) is 40.6 Å². The Kier molecular flexibility index (Phi) is 7.85. The molecule has 0 fully saturated rings. The fraction of sp³-hybridized carbons (Fsp3) is 0.400. The summed E-state index contributed by atoms with van der Waals surface area (Å²) in [5, 5.41) is 2.68. The Morgan fingerprint density at radius 2 is 1.97 bits per heavy atom. The van der Waals surface area contributed by atoms with Crippen LogP contribution < -0.4 is 10.1 Å². The molecule has 0 aliphatic rings. The van der Waals surface area contributed by atoms with Gasteiger partial charge in [0.25, 0.3) is 5.91 Å². The minimum atomic E-state index is -4.27. The molecule has 10 heteroatoms. The topological polar surface area (TPSA) is 81.2 Å². The van der Waals surface area contributed by atoms with Crippen LogP contribution in [0.3, 0.4) is 0 Å². The van der Waals surface area contributed by atoms with Gasteiger partial charge in [-0.3, -0.25) is 14.6 Å². The highest BCUT2D eigenvalue weighted by Gasteiger charge is 2.42. The summed E-state index contributed by atoms with van der Waals surface area (Å²) in [6.07, 6.45) is -0.570. The number of hydrogen-bond donors (Lipinski definition) is 1. The standard InChI is InChI=1S/C20H21F4N3O3/c1-3-16(28)8-15-7-14(4-5-25-15)17(29)26-9-13-6-12(2)18(27-10-13)30-11-20(23,24)19(21)22/h4-7,10,19H,3,8-9,11H2,1-2H3,(H,26,29). The van der Waals surface area contributed by atoms with Gasteiger partial charge in [0.1, 0.15) is 5.78 Å². The van der Waals surface area contributed by atoms with E-state index in [0.29, 0.717) is 28.8 Å². The van der Waals surface area contributed by atoms with Gasteiger partial charge in [-0.15, -0.1) is 0 Å². The third kappa shape index (κ3) is 6.50. The second kappa shape index (κ2) is 10.1. The van der Waals surface area contributed by atoms with Gasteiger partial charge < -0.3 is 10.1 Å². The maximum absolute atomic E-state index is 13.0. The predicted octanol–water partition coefficient (Wildman–Crippen LogP) is 3.52. The summed E-state index contributed by atoms with van der Waals surface area (Å²) >= 11 is 0. The number of hydrogen-bond acceptors (Lipinski definition) is 5. The van der Waals surface area contributed by atoms with Crippen LogP contribution in [-0.2, 0) is 17.8 Å². The van der Waals surface area contributed by atoms with E-state index in [1.54, 1.807) is 13.0 Å². The van der Waals surface area contributed by atoms with Gasteiger partial charge in [0.05, 0.1) is 0 Å². The number of carbonyl (C=O) groups excluding carboxylic acids is 2. The lowest BCUT2D eigenvalue weighted by molar-refractivity contribution is -0.148. The third-order valence-electron chi connectivity index (χ3n) is 4.11. The average Bonchev–Trinajstić information content (AvgIpc) is 2.71. The van der Waals surface area contributed by atoms with E-state index in [2.05, 4.69) is 15.3 Å². The van der Waals surface area contributed by atoms with Crippen molar-refractivity contribution in [1.82, 2.24) is 15.3 Å². The normalized spacial score (nSPS) is 11.4. The maximum Gasteiger partial charge on any atom is 0.340 e. The summed E-state index contributed by atoms with van der Waals surface area (Å²) < 4.78 is 55.0. The number of halogens is 4. The van der Waals surface area contributed by atoms with Gasteiger partial charge in [-0.05, 0) is 30.7 Å². The first-order valence-electron chi connectivity index (χ1n) is 9.11. The molecule has 0 aliphatic carbocycles. The van der Waals surface area contributed by atoms with Gasteiger partial charge in [0.15, 0.2) is 6.61 Å². The Balaban J connectivity index is 1.96. The second-order valence-corrected chi connectivity index (χ2v) is 6.60. The third-order valence-corrected chi connectivity index (χ3v) is 4.11. The van der Waals surface area contributed by atoms with E-state index in [4.69, 9.17) is 4.74 Å². The molecular weight excluding hydrogens is 406 g/mol. The van der Waals surface area contributed by atoms with Gasteiger partial charge in [0, 0.05) is 48.6 Å². The van der Waals surface area contributed by atoms with Crippen molar-refractivity contribution < 1.29 is 31.9 Å². The fourth-order valence-corrected chi connectivity index (χ4v) is 2.42. The van der Waals surface area contributed by atoms with Gasteiger partial charge >= 0.3 is 12.3 Å². The van der Waals surface area contributed by atoms with Crippen molar-refractivity contribution >= 4 is 11.7 Å². The van der Waals surface area contributed by atoms with E-state index in [-0.39, 0.29) is 24.6 Å². The molecule has 0 bridgehead atoms. The van der Waals surface area contributed by atoms with E-state index in [0.717, 1.165) is 0 Å². The molecule has 0 saturated heterocycles. The Morgan fingerprint density at radius 3 is 2.60 bits per heavy atom. The van der Waals surface area contributed by atoms with Crippen molar-refractivity contribution in [3.05, 3.63) is 53.0 Å². The number of nitrogens with one attached hydrogen (secondary N) is 1. The van der Waals surface area contributed by atoms with Crippen molar-refractivity contribution in [2.45, 2.75) is 45.6 Å². The highest BCUT2D eigenvalue weighted by atomic mass is 19.3.